The molecule has 0 aromatic heterocycles. The quantitative estimate of drug-likeness (QED) is 0.194. The minimum atomic E-state index is -1.38. The number of hydrogen-bond acceptors (Lipinski definition) is 8. The summed E-state index contributed by atoms with van der Waals surface area (Å²) in [6, 6.07) is -0.189. The Morgan fingerprint density at radius 1 is 1.03 bits per heavy atom. The van der Waals surface area contributed by atoms with Crippen molar-refractivity contribution in [2.75, 3.05) is 6.61 Å². The van der Waals surface area contributed by atoms with Gasteiger partial charge in [0.15, 0.2) is 12.2 Å². The summed E-state index contributed by atoms with van der Waals surface area (Å²) in [6.07, 6.45) is -1.78. The first-order valence-electron chi connectivity index (χ1n) is 12.6. The lowest BCUT2D eigenvalue weighted by Gasteiger charge is -2.29. The van der Waals surface area contributed by atoms with Crippen LogP contribution in [-0.2, 0) is 14.3 Å². The summed E-state index contributed by atoms with van der Waals surface area (Å²) < 4.78 is 11.1. The molecule has 0 spiro atoms. The van der Waals surface area contributed by atoms with Crippen LogP contribution in [0.4, 0.5) is 0 Å². The van der Waals surface area contributed by atoms with E-state index >= 15 is 0 Å². The van der Waals surface area contributed by atoms with Crippen LogP contribution in [0.15, 0.2) is 11.7 Å². The lowest BCUT2D eigenvalue weighted by Crippen LogP contribution is -2.43. The zero-order valence-corrected chi connectivity index (χ0v) is 21.6. The van der Waals surface area contributed by atoms with E-state index in [2.05, 4.69) is 5.32 Å². The van der Waals surface area contributed by atoms with Crippen LogP contribution < -0.4 is 5.32 Å². The number of amides is 1. The van der Waals surface area contributed by atoms with E-state index in [4.69, 9.17) is 9.47 Å². The van der Waals surface area contributed by atoms with Gasteiger partial charge in [0.2, 0.25) is 11.7 Å². The predicted molar refractivity (Wildman–Crippen MR) is 129 cm³/mol. The molecule has 1 aliphatic rings. The van der Waals surface area contributed by atoms with Gasteiger partial charge in [0.1, 0.15) is 6.10 Å². The van der Waals surface area contributed by atoms with Crippen LogP contribution in [0, 0.1) is 17.8 Å². The van der Waals surface area contributed by atoms with Crippen LogP contribution in [0.3, 0.4) is 0 Å². The van der Waals surface area contributed by atoms with Crippen LogP contribution in [0.5, 0.6) is 0 Å². The van der Waals surface area contributed by atoms with Gasteiger partial charge in [-0.25, -0.2) is 0 Å². The van der Waals surface area contributed by atoms with Crippen molar-refractivity contribution < 1.29 is 39.8 Å². The highest BCUT2D eigenvalue weighted by molar-refractivity contribution is 5.76. The van der Waals surface area contributed by atoms with Gasteiger partial charge in [-0.1, -0.05) is 54.4 Å². The molecule has 9 nitrogen and oxygen atoms in total. The van der Waals surface area contributed by atoms with Crippen LogP contribution in [0.2, 0.25) is 0 Å². The molecule has 0 radical (unpaired) electrons. The summed E-state index contributed by atoms with van der Waals surface area (Å²) in [4.78, 5) is 12.7. The number of hydrogen-bond donors (Lipinski definition) is 6. The van der Waals surface area contributed by atoms with Gasteiger partial charge >= 0.3 is 5.95 Å². The molecule has 0 saturated carbocycles. The molecule has 2 unspecified atom stereocenters. The van der Waals surface area contributed by atoms with E-state index in [1.54, 1.807) is 0 Å². The maximum atomic E-state index is 12.7. The lowest BCUT2D eigenvalue weighted by molar-refractivity contribution is -0.125. The highest BCUT2D eigenvalue weighted by atomic mass is 16.7. The minimum absolute atomic E-state index is 0.0361. The van der Waals surface area contributed by atoms with Gasteiger partial charge in [0.25, 0.3) is 0 Å². The maximum absolute atomic E-state index is 12.7. The molecular weight excluding hydrogens is 442 g/mol. The fraction of sp³-hybridized carbons (Fsp3) is 0.880. The van der Waals surface area contributed by atoms with E-state index < -0.39 is 42.9 Å². The van der Waals surface area contributed by atoms with Crippen molar-refractivity contribution in [3.8, 4) is 0 Å². The molecule has 0 fully saturated rings. The Bertz CT molecular complexity index is 640. The van der Waals surface area contributed by atoms with Crippen molar-refractivity contribution in [3.05, 3.63) is 11.7 Å². The second-order valence-corrected chi connectivity index (χ2v) is 10.2. The molecule has 1 heterocycles. The highest BCUT2D eigenvalue weighted by Crippen LogP contribution is 2.29. The Hall–Kier alpha value is -1.55. The number of ether oxygens (including phenoxy) is 2. The first-order valence-corrected chi connectivity index (χ1v) is 12.6. The number of rotatable bonds is 16. The van der Waals surface area contributed by atoms with Gasteiger partial charge in [0, 0.05) is 12.5 Å². The Morgan fingerprint density at radius 2 is 1.65 bits per heavy atom. The Balaban J connectivity index is 2.74. The van der Waals surface area contributed by atoms with Crippen LogP contribution in [-0.4, -0.2) is 74.6 Å². The molecule has 0 aromatic rings. The van der Waals surface area contributed by atoms with Crippen molar-refractivity contribution in [2.45, 2.75) is 117 Å². The van der Waals surface area contributed by atoms with E-state index in [1.807, 2.05) is 41.5 Å². The highest BCUT2D eigenvalue weighted by Gasteiger charge is 2.38. The van der Waals surface area contributed by atoms with Crippen LogP contribution >= 0.6 is 0 Å². The Kier molecular flexibility index (Phi) is 13.2. The van der Waals surface area contributed by atoms with E-state index in [0.717, 1.165) is 6.42 Å². The van der Waals surface area contributed by atoms with Crippen LogP contribution in [0.25, 0.3) is 0 Å². The number of aliphatic hydroxyl groups is 5. The molecule has 1 rings (SSSR count). The minimum Gasteiger partial charge on any atom is -0.504 e. The molecule has 200 valence electrons. The number of carbonyl (C=O) groups excluding carboxylic acids is 1. The third-order valence-corrected chi connectivity index (χ3v) is 6.69. The standard InChI is InChI=1S/C25H47NO8/c1-7-15(5)19(10-17(28)9-14(3)4)26-22(30)12-18(29)11-20(16(6)8-2)33-25-24(32)23(31)21(13-27)34-25/h14-21,23,27-29,31-32H,7-13H2,1-6H3,(H,26,30)/t15-,16-,17-,18+,19?,20+,21+,23?/m1/s1. The average Bonchev–Trinajstić information content (AvgIpc) is 3.04. The number of nitrogens with one attached hydrogen (secondary N) is 1. The summed E-state index contributed by atoms with van der Waals surface area (Å²) in [5.74, 6) is -0.548. The molecule has 0 bridgehead atoms. The van der Waals surface area contributed by atoms with Crippen molar-refractivity contribution in [1.29, 1.82) is 0 Å². The zero-order chi connectivity index (χ0) is 26.0. The molecule has 8 atom stereocenters. The molecule has 0 aliphatic carbocycles. The zero-order valence-electron chi connectivity index (χ0n) is 21.6. The summed E-state index contributed by atoms with van der Waals surface area (Å²) in [5, 5.41) is 53.2. The van der Waals surface area contributed by atoms with E-state index in [0.29, 0.717) is 25.2 Å². The molecule has 34 heavy (non-hydrogen) atoms. The van der Waals surface area contributed by atoms with Gasteiger partial charge in [0.05, 0.1) is 25.2 Å². The second-order valence-electron chi connectivity index (χ2n) is 10.2. The monoisotopic (exact) mass is 489 g/mol. The first-order chi connectivity index (χ1) is 15.9. The smallest absolute Gasteiger partial charge is 0.322 e. The third kappa shape index (κ3) is 9.60. The molecule has 1 aliphatic heterocycles. The maximum Gasteiger partial charge on any atom is 0.322 e. The molecule has 6 N–H and O–H groups in total. The van der Waals surface area contributed by atoms with Crippen molar-refractivity contribution in [1.82, 2.24) is 5.32 Å². The van der Waals surface area contributed by atoms with Crippen LogP contribution in [0.1, 0.15) is 80.1 Å². The molecule has 0 aromatic carbocycles. The predicted octanol–water partition coefficient (Wildman–Crippen LogP) is 2.37. The van der Waals surface area contributed by atoms with Crippen molar-refractivity contribution in [3.63, 3.8) is 0 Å². The SMILES string of the molecule is CC[C@@H](C)C(C[C@H](O)CC(C)C)NC(=O)C[C@@H](O)C[C@H](OC1=C(O)C(O)[C@H](CO)O1)[C@H](C)CC. The normalized spacial score (nSPS) is 23.7. The fourth-order valence-electron chi connectivity index (χ4n) is 4.06. The van der Waals surface area contributed by atoms with Gasteiger partial charge in [-0.2, -0.15) is 0 Å². The molecule has 9 heteroatoms. The third-order valence-electron chi connectivity index (χ3n) is 6.69. The van der Waals surface area contributed by atoms with Crippen molar-refractivity contribution >= 4 is 5.91 Å². The Labute approximate surface area is 204 Å². The van der Waals surface area contributed by atoms with Gasteiger partial charge < -0.3 is 40.3 Å². The molecule has 1 amide bonds. The van der Waals surface area contributed by atoms with E-state index in [1.165, 1.54) is 0 Å². The van der Waals surface area contributed by atoms with E-state index in [9.17, 15) is 30.3 Å². The van der Waals surface area contributed by atoms with Gasteiger partial charge in [-0.15, -0.1) is 0 Å². The van der Waals surface area contributed by atoms with Gasteiger partial charge in [-0.3, -0.25) is 4.79 Å². The number of aliphatic hydroxyl groups excluding tert-OH is 5. The number of carbonyl (C=O) groups is 1. The summed E-state index contributed by atoms with van der Waals surface area (Å²) >= 11 is 0. The van der Waals surface area contributed by atoms with Crippen molar-refractivity contribution in [2.24, 2.45) is 17.8 Å². The molecule has 0 saturated heterocycles. The summed E-state index contributed by atoms with van der Waals surface area (Å²) in [5.41, 5.74) is 0. The Morgan fingerprint density at radius 3 is 2.15 bits per heavy atom. The largest absolute Gasteiger partial charge is 0.504 e. The fourth-order valence-corrected chi connectivity index (χ4v) is 4.06. The topological polar surface area (TPSA) is 149 Å². The second kappa shape index (κ2) is 14.8. The average molecular weight is 490 g/mol. The van der Waals surface area contributed by atoms with E-state index in [-0.39, 0.29) is 42.6 Å². The summed E-state index contributed by atoms with van der Waals surface area (Å²) in [6.45, 7) is 11.5. The lowest BCUT2D eigenvalue weighted by atomic mass is 9.91. The summed E-state index contributed by atoms with van der Waals surface area (Å²) in [7, 11) is 0. The van der Waals surface area contributed by atoms with Gasteiger partial charge in [-0.05, 0) is 30.6 Å². The molecular formula is C25H47NO8. The first kappa shape index (κ1) is 30.5.